The number of carbonyl (C=O) groups is 1. The smallest absolute Gasteiger partial charge is 0.344 e. The van der Waals surface area contributed by atoms with Gasteiger partial charge in [-0.05, 0) is 49.2 Å². The van der Waals surface area contributed by atoms with E-state index in [0.29, 0.717) is 18.7 Å². The van der Waals surface area contributed by atoms with E-state index < -0.39 is 16.0 Å². The number of rotatable bonds is 6. The van der Waals surface area contributed by atoms with E-state index in [1.165, 1.54) is 28.6 Å². The van der Waals surface area contributed by atoms with Crippen LogP contribution in [0.4, 0.5) is 5.69 Å². The summed E-state index contributed by atoms with van der Waals surface area (Å²) in [5.74, 6) is -0.0540. The maximum Gasteiger partial charge on any atom is 0.344 e. The second-order valence-corrected chi connectivity index (χ2v) is 7.38. The summed E-state index contributed by atoms with van der Waals surface area (Å²) in [7, 11) is -3.62. The van der Waals surface area contributed by atoms with Gasteiger partial charge in [0.1, 0.15) is 5.75 Å². The molecule has 25 heavy (non-hydrogen) atoms. The molecule has 6 nitrogen and oxygen atoms in total. The Bertz CT molecular complexity index is 861. The van der Waals surface area contributed by atoms with Gasteiger partial charge in [-0.3, -0.25) is 4.31 Å². The van der Waals surface area contributed by atoms with Crippen molar-refractivity contribution in [1.29, 1.82) is 0 Å². The summed E-state index contributed by atoms with van der Waals surface area (Å²) in [6.07, 6.45) is 0.705. The summed E-state index contributed by atoms with van der Waals surface area (Å²) in [4.78, 5) is 11.5. The van der Waals surface area contributed by atoms with Gasteiger partial charge >= 0.3 is 5.97 Å². The highest BCUT2D eigenvalue weighted by Gasteiger charge is 2.30. The quantitative estimate of drug-likeness (QED) is 0.739. The van der Waals surface area contributed by atoms with Gasteiger partial charge in [0.15, 0.2) is 6.61 Å². The van der Waals surface area contributed by atoms with Gasteiger partial charge in [-0.1, -0.05) is 18.2 Å². The zero-order chi connectivity index (χ0) is 17.9. The van der Waals surface area contributed by atoms with E-state index in [9.17, 15) is 13.2 Å². The fraction of sp³-hybridized carbons (Fsp3) is 0.278. The van der Waals surface area contributed by atoms with Gasteiger partial charge in [-0.25, -0.2) is 13.2 Å². The molecule has 0 aliphatic carbocycles. The van der Waals surface area contributed by atoms with E-state index in [1.807, 2.05) is 24.3 Å². The number of ether oxygens (including phenoxy) is 2. The fourth-order valence-electron chi connectivity index (χ4n) is 2.74. The summed E-state index contributed by atoms with van der Waals surface area (Å²) in [6, 6.07) is 13.5. The highest BCUT2D eigenvalue weighted by molar-refractivity contribution is 7.92. The summed E-state index contributed by atoms with van der Waals surface area (Å²) < 4.78 is 37.2. The molecule has 2 aromatic rings. The first-order valence-electron chi connectivity index (χ1n) is 8.01. The van der Waals surface area contributed by atoms with Crippen molar-refractivity contribution in [3.05, 3.63) is 54.1 Å². The first-order chi connectivity index (χ1) is 12.0. The van der Waals surface area contributed by atoms with Crippen LogP contribution in [0.2, 0.25) is 0 Å². The molecule has 0 spiro atoms. The number of fused-ring (bicyclic) bond motifs is 1. The van der Waals surface area contributed by atoms with Crippen LogP contribution in [-0.2, 0) is 26.0 Å². The summed E-state index contributed by atoms with van der Waals surface area (Å²) in [5, 5.41) is 0. The third-order valence-corrected chi connectivity index (χ3v) is 5.75. The molecular weight excluding hydrogens is 342 g/mol. The van der Waals surface area contributed by atoms with Crippen molar-refractivity contribution in [2.45, 2.75) is 18.2 Å². The number of benzene rings is 2. The Hall–Kier alpha value is -2.54. The van der Waals surface area contributed by atoms with Crippen LogP contribution in [0.5, 0.6) is 5.75 Å². The van der Waals surface area contributed by atoms with Crippen molar-refractivity contribution >= 4 is 21.7 Å². The molecule has 0 unspecified atom stereocenters. The minimum atomic E-state index is -3.62. The average molecular weight is 361 g/mol. The fourth-order valence-corrected chi connectivity index (χ4v) is 4.24. The molecule has 1 aliphatic heterocycles. The molecule has 7 heteroatoms. The van der Waals surface area contributed by atoms with Gasteiger partial charge in [0.2, 0.25) is 0 Å². The lowest BCUT2D eigenvalue weighted by Crippen LogP contribution is -2.29. The lowest BCUT2D eigenvalue weighted by molar-refractivity contribution is -0.145. The summed E-state index contributed by atoms with van der Waals surface area (Å²) >= 11 is 0. The number of hydrogen-bond donors (Lipinski definition) is 0. The van der Waals surface area contributed by atoms with Crippen molar-refractivity contribution in [2.75, 3.05) is 24.1 Å². The Morgan fingerprint density at radius 2 is 1.84 bits per heavy atom. The highest BCUT2D eigenvalue weighted by atomic mass is 32.2. The number of anilines is 1. The third kappa shape index (κ3) is 3.61. The lowest BCUT2D eigenvalue weighted by atomic mass is 10.2. The van der Waals surface area contributed by atoms with Crippen molar-refractivity contribution < 1.29 is 22.7 Å². The number of carbonyl (C=O) groups excluding carboxylic acids is 1. The molecule has 0 saturated carbocycles. The molecule has 0 atom stereocenters. The van der Waals surface area contributed by atoms with E-state index in [-0.39, 0.29) is 18.1 Å². The molecule has 0 aromatic heterocycles. The largest absolute Gasteiger partial charge is 0.482 e. The SMILES string of the molecule is CCOC(=O)COc1ccc(S(=O)(=O)N2CCc3ccccc32)cc1. The normalized spacial score (nSPS) is 13.4. The van der Waals surface area contributed by atoms with Crippen LogP contribution in [0, 0.1) is 0 Å². The van der Waals surface area contributed by atoms with Crippen molar-refractivity contribution in [2.24, 2.45) is 0 Å². The van der Waals surface area contributed by atoms with Crippen molar-refractivity contribution in [3.63, 3.8) is 0 Å². The predicted octanol–water partition coefficient (Wildman–Crippen LogP) is 2.38. The Labute approximate surface area is 147 Å². The van der Waals surface area contributed by atoms with Gasteiger partial charge in [-0.2, -0.15) is 0 Å². The molecule has 1 aliphatic rings. The highest BCUT2D eigenvalue weighted by Crippen LogP contribution is 2.32. The minimum absolute atomic E-state index is 0.188. The second kappa shape index (κ2) is 7.14. The van der Waals surface area contributed by atoms with Crippen LogP contribution < -0.4 is 9.04 Å². The monoisotopic (exact) mass is 361 g/mol. The zero-order valence-electron chi connectivity index (χ0n) is 13.8. The van der Waals surface area contributed by atoms with Gasteiger partial charge in [0.25, 0.3) is 10.0 Å². The van der Waals surface area contributed by atoms with Gasteiger partial charge < -0.3 is 9.47 Å². The Kier molecular flexibility index (Phi) is 4.94. The first-order valence-corrected chi connectivity index (χ1v) is 9.45. The molecule has 2 aromatic carbocycles. The van der Waals surface area contributed by atoms with Gasteiger partial charge in [0, 0.05) is 6.54 Å². The topological polar surface area (TPSA) is 72.9 Å². The van der Waals surface area contributed by atoms with E-state index >= 15 is 0 Å². The molecule has 0 fully saturated rings. The van der Waals surface area contributed by atoms with E-state index in [0.717, 1.165) is 11.3 Å². The van der Waals surface area contributed by atoms with Crippen LogP contribution in [0.15, 0.2) is 53.4 Å². The molecule has 0 saturated heterocycles. The lowest BCUT2D eigenvalue weighted by Gasteiger charge is -2.19. The van der Waals surface area contributed by atoms with Crippen LogP contribution >= 0.6 is 0 Å². The maximum absolute atomic E-state index is 12.9. The predicted molar refractivity (Wildman–Crippen MR) is 93.2 cm³/mol. The van der Waals surface area contributed by atoms with Gasteiger partial charge in [-0.15, -0.1) is 0 Å². The average Bonchev–Trinajstić information content (AvgIpc) is 3.05. The van der Waals surface area contributed by atoms with E-state index in [2.05, 4.69) is 0 Å². The number of nitrogens with zero attached hydrogens (tertiary/aromatic N) is 1. The third-order valence-electron chi connectivity index (χ3n) is 3.92. The number of esters is 1. The molecule has 0 radical (unpaired) electrons. The first kappa shape index (κ1) is 17.3. The summed E-state index contributed by atoms with van der Waals surface area (Å²) in [6.45, 7) is 2.23. The second-order valence-electron chi connectivity index (χ2n) is 5.52. The molecule has 132 valence electrons. The molecule has 0 amide bonds. The number of hydrogen-bond acceptors (Lipinski definition) is 5. The van der Waals surface area contributed by atoms with Crippen molar-refractivity contribution in [3.8, 4) is 5.75 Å². The molecule has 1 heterocycles. The molecule has 0 N–H and O–H groups in total. The Morgan fingerprint density at radius 3 is 2.56 bits per heavy atom. The molecule has 0 bridgehead atoms. The minimum Gasteiger partial charge on any atom is -0.482 e. The molecule has 3 rings (SSSR count). The number of para-hydroxylation sites is 1. The van der Waals surface area contributed by atoms with E-state index in [4.69, 9.17) is 9.47 Å². The number of sulfonamides is 1. The van der Waals surface area contributed by atoms with Crippen LogP contribution in [0.3, 0.4) is 0 Å². The zero-order valence-corrected chi connectivity index (χ0v) is 14.7. The summed E-state index contributed by atoms with van der Waals surface area (Å²) in [5.41, 5.74) is 1.76. The Morgan fingerprint density at radius 1 is 1.12 bits per heavy atom. The van der Waals surface area contributed by atoms with Crippen LogP contribution in [0.1, 0.15) is 12.5 Å². The maximum atomic E-state index is 12.9. The Balaban J connectivity index is 1.75. The van der Waals surface area contributed by atoms with E-state index in [1.54, 1.807) is 6.92 Å². The molecular formula is C18H19NO5S. The van der Waals surface area contributed by atoms with Gasteiger partial charge in [0.05, 0.1) is 17.2 Å². The van der Waals surface area contributed by atoms with Crippen molar-refractivity contribution in [1.82, 2.24) is 0 Å². The standard InChI is InChI=1S/C18H19NO5S/c1-2-23-18(20)13-24-15-7-9-16(10-8-15)25(21,22)19-12-11-14-5-3-4-6-17(14)19/h3-10H,2,11-13H2,1H3. The van der Waals surface area contributed by atoms with Crippen LogP contribution in [0.25, 0.3) is 0 Å². The van der Waals surface area contributed by atoms with Crippen LogP contribution in [-0.4, -0.2) is 34.1 Å².